The molecule has 2 heterocycles. The van der Waals surface area contributed by atoms with E-state index in [0.29, 0.717) is 37.9 Å². The predicted octanol–water partition coefficient (Wildman–Crippen LogP) is 9.18. The molecule has 0 atom stereocenters. The number of nitrogens with zero attached hydrogens (tertiary/aromatic N) is 1. The van der Waals surface area contributed by atoms with Gasteiger partial charge in [-0.25, -0.2) is 4.79 Å². The zero-order valence-electron chi connectivity index (χ0n) is 36.2. The molecule has 0 bridgehead atoms. The minimum absolute atomic E-state index is 0.0760. The minimum Gasteiger partial charge on any atom is -0.500 e. The number of methoxy groups -OCH3 is 2. The van der Waals surface area contributed by atoms with E-state index in [0.717, 1.165) is 107 Å². The lowest BCUT2D eigenvalue weighted by atomic mass is 9.66. The highest BCUT2D eigenvalue weighted by Gasteiger charge is 2.45. The Morgan fingerprint density at radius 2 is 1.05 bits per heavy atom. The summed E-state index contributed by atoms with van der Waals surface area (Å²) in [6, 6.07) is 8.22. The Bertz CT molecular complexity index is 2050. The standard InChI is InChI=1S/C27H35NO4.C22H27NO2/c1-8-9-20-14-18(2)23(19(3)15-20)24-21(29)16-27(17-22(24)31-7)10-12-28(13-11-27)25(30)32-26(4,5)6;1-5-6-17-11-15(2)20(16(3)12-17)21-18(24)13-22(14-19(21)25-4)7-9-23-10-8-22/h14-15H,10-13,16-17H2,1-7H3;11-12,23H,7-10,13-14H2,1-4H3. The van der Waals surface area contributed by atoms with Crippen molar-refractivity contribution in [3.8, 4) is 23.7 Å². The molecule has 0 aromatic heterocycles. The molecule has 2 aliphatic heterocycles. The number of carbonyl (C=O) groups is 3. The van der Waals surface area contributed by atoms with Crippen LogP contribution in [0.25, 0.3) is 11.1 Å². The summed E-state index contributed by atoms with van der Waals surface area (Å²) in [5.41, 5.74) is 9.12. The molecule has 2 spiro atoms. The first-order valence-electron chi connectivity index (χ1n) is 20.4. The van der Waals surface area contributed by atoms with E-state index in [1.807, 2.05) is 60.6 Å². The van der Waals surface area contributed by atoms with Gasteiger partial charge in [0.2, 0.25) is 0 Å². The van der Waals surface area contributed by atoms with Gasteiger partial charge in [0.05, 0.1) is 25.4 Å². The van der Waals surface area contributed by atoms with Crippen molar-refractivity contribution in [1.82, 2.24) is 10.2 Å². The van der Waals surface area contributed by atoms with E-state index >= 15 is 0 Å². The Morgan fingerprint density at radius 1 is 0.667 bits per heavy atom. The highest BCUT2D eigenvalue weighted by molar-refractivity contribution is 6.23. The summed E-state index contributed by atoms with van der Waals surface area (Å²) in [4.78, 5) is 40.9. The molecule has 8 heteroatoms. The smallest absolute Gasteiger partial charge is 0.410 e. The van der Waals surface area contributed by atoms with Gasteiger partial charge in [-0.05, 0) is 170 Å². The van der Waals surface area contributed by atoms with Gasteiger partial charge >= 0.3 is 6.09 Å². The second-order valence-electron chi connectivity index (χ2n) is 17.5. The van der Waals surface area contributed by atoms with Crippen LogP contribution in [0.5, 0.6) is 0 Å². The topological polar surface area (TPSA) is 94.2 Å². The molecule has 2 fully saturated rings. The zero-order valence-corrected chi connectivity index (χ0v) is 36.2. The number of hydrogen-bond acceptors (Lipinski definition) is 7. The Labute approximate surface area is 341 Å². The molecule has 2 aliphatic carbocycles. The number of nitrogens with one attached hydrogen (secondary N) is 1. The number of Topliss-reactive ketones (excluding diaryl/α,β-unsaturated/α-hetero) is 2. The number of ketones is 2. The van der Waals surface area contributed by atoms with Crippen LogP contribution < -0.4 is 5.32 Å². The van der Waals surface area contributed by atoms with Crippen molar-refractivity contribution in [2.45, 2.75) is 119 Å². The highest BCUT2D eigenvalue weighted by atomic mass is 16.6. The van der Waals surface area contributed by atoms with E-state index in [1.165, 1.54) is 0 Å². The Balaban J connectivity index is 0.000000224. The molecule has 8 nitrogen and oxygen atoms in total. The van der Waals surface area contributed by atoms with E-state index in [4.69, 9.17) is 14.2 Å². The van der Waals surface area contributed by atoms with E-state index < -0.39 is 5.60 Å². The second kappa shape index (κ2) is 17.8. The third-order valence-electron chi connectivity index (χ3n) is 12.0. The lowest BCUT2D eigenvalue weighted by Gasteiger charge is -2.44. The van der Waals surface area contributed by atoms with E-state index in [9.17, 15) is 14.4 Å². The highest BCUT2D eigenvalue weighted by Crippen LogP contribution is 2.49. The molecule has 0 saturated carbocycles. The number of likely N-dealkylation sites (tertiary alicyclic amines) is 1. The maximum Gasteiger partial charge on any atom is 0.410 e. The fraction of sp³-hybridized carbons (Fsp3) is 0.531. The van der Waals surface area contributed by atoms with Crippen molar-refractivity contribution in [3.05, 3.63) is 80.3 Å². The number of aryl methyl sites for hydroxylation is 4. The molecule has 57 heavy (non-hydrogen) atoms. The Hall–Kier alpha value is -4.79. The van der Waals surface area contributed by atoms with Crippen molar-refractivity contribution in [2.24, 2.45) is 10.8 Å². The van der Waals surface area contributed by atoms with Crippen LogP contribution in [0.4, 0.5) is 4.79 Å². The monoisotopic (exact) mass is 774 g/mol. The van der Waals surface area contributed by atoms with Gasteiger partial charge in [-0.2, -0.15) is 0 Å². The fourth-order valence-electron chi connectivity index (χ4n) is 9.36. The molecule has 6 rings (SSSR count). The van der Waals surface area contributed by atoms with Gasteiger partial charge in [0.1, 0.15) is 17.1 Å². The van der Waals surface area contributed by atoms with Gasteiger partial charge in [-0.1, -0.05) is 11.8 Å². The van der Waals surface area contributed by atoms with Crippen molar-refractivity contribution < 1.29 is 28.6 Å². The summed E-state index contributed by atoms with van der Waals surface area (Å²) >= 11 is 0. The normalized spacial score (nSPS) is 18.9. The van der Waals surface area contributed by atoms with Gasteiger partial charge in [0, 0.05) is 49.9 Å². The second-order valence-corrected chi connectivity index (χ2v) is 17.5. The fourth-order valence-corrected chi connectivity index (χ4v) is 9.36. The first kappa shape index (κ1) is 43.3. The number of carbonyl (C=O) groups excluding carboxylic acids is 3. The summed E-state index contributed by atoms with van der Waals surface area (Å²) in [7, 11) is 3.35. The van der Waals surface area contributed by atoms with Crippen LogP contribution in [0, 0.1) is 62.2 Å². The van der Waals surface area contributed by atoms with Gasteiger partial charge in [-0.3, -0.25) is 9.59 Å². The van der Waals surface area contributed by atoms with Crippen LogP contribution in [-0.4, -0.2) is 68.6 Å². The Kier molecular flexibility index (Phi) is 13.5. The summed E-state index contributed by atoms with van der Waals surface area (Å²) in [6.45, 7) is 20.6. The molecule has 2 aromatic carbocycles. The Morgan fingerprint density at radius 3 is 1.40 bits per heavy atom. The number of amides is 1. The number of benzene rings is 2. The summed E-state index contributed by atoms with van der Waals surface area (Å²) in [5, 5.41) is 3.40. The maximum absolute atomic E-state index is 13.5. The molecule has 304 valence electrons. The van der Waals surface area contributed by atoms with Crippen molar-refractivity contribution in [3.63, 3.8) is 0 Å². The van der Waals surface area contributed by atoms with Gasteiger partial charge < -0.3 is 24.4 Å². The van der Waals surface area contributed by atoms with Crippen molar-refractivity contribution in [1.29, 1.82) is 0 Å². The van der Waals surface area contributed by atoms with Crippen LogP contribution in [0.15, 0.2) is 35.8 Å². The molecule has 1 amide bonds. The summed E-state index contributed by atoms with van der Waals surface area (Å²) in [6.07, 6.45) is 6.02. The lowest BCUT2D eigenvalue weighted by molar-refractivity contribution is -0.118. The van der Waals surface area contributed by atoms with Gasteiger partial charge in [0.15, 0.2) is 11.6 Å². The number of ether oxygens (including phenoxy) is 3. The number of hydrogen-bond donors (Lipinski definition) is 1. The largest absolute Gasteiger partial charge is 0.500 e. The summed E-state index contributed by atoms with van der Waals surface area (Å²) in [5.74, 6) is 14.1. The molecular weight excluding hydrogens is 713 g/mol. The number of piperidine rings is 2. The number of rotatable bonds is 4. The molecule has 2 saturated heterocycles. The molecule has 2 aromatic rings. The average Bonchev–Trinajstić information content (AvgIpc) is 3.13. The van der Waals surface area contributed by atoms with E-state index in [2.05, 4.69) is 55.0 Å². The van der Waals surface area contributed by atoms with E-state index in [1.54, 1.807) is 19.1 Å². The van der Waals surface area contributed by atoms with E-state index in [-0.39, 0.29) is 28.5 Å². The van der Waals surface area contributed by atoms with Crippen LogP contribution in [-0.2, 0) is 23.8 Å². The first-order valence-corrected chi connectivity index (χ1v) is 20.4. The molecule has 4 aliphatic rings. The van der Waals surface area contributed by atoms with Crippen LogP contribution in [0.1, 0.15) is 130 Å². The number of allylic oxidation sites excluding steroid dienone is 4. The van der Waals surface area contributed by atoms with Crippen LogP contribution >= 0.6 is 0 Å². The van der Waals surface area contributed by atoms with Crippen LogP contribution in [0.2, 0.25) is 0 Å². The van der Waals surface area contributed by atoms with Gasteiger partial charge in [-0.15, -0.1) is 11.8 Å². The summed E-state index contributed by atoms with van der Waals surface area (Å²) < 4.78 is 17.1. The van der Waals surface area contributed by atoms with Gasteiger partial charge in [0.25, 0.3) is 0 Å². The maximum atomic E-state index is 13.5. The molecule has 0 unspecified atom stereocenters. The molecule has 0 radical (unpaired) electrons. The SMILES string of the molecule is CC#Cc1cc(C)c(C2=C(OC)CC3(CCN(C(=O)OC(C)(C)C)CC3)CC2=O)c(C)c1.CC#Cc1cc(C)c(C2=C(OC)CC3(CCNCC3)CC2=O)c(C)c1. The third-order valence-corrected chi connectivity index (χ3v) is 12.0. The first-order chi connectivity index (χ1) is 27.0. The predicted molar refractivity (Wildman–Crippen MR) is 227 cm³/mol. The zero-order chi connectivity index (χ0) is 41.7. The lowest BCUT2D eigenvalue weighted by Crippen LogP contribution is -2.47. The van der Waals surface area contributed by atoms with Crippen molar-refractivity contribution >= 4 is 28.8 Å². The third kappa shape index (κ3) is 9.85. The average molecular weight is 775 g/mol. The minimum atomic E-state index is -0.512. The quantitative estimate of drug-likeness (QED) is 0.310. The molecular formula is C49H62N2O6. The van der Waals surface area contributed by atoms with Crippen LogP contribution in [0.3, 0.4) is 0 Å². The van der Waals surface area contributed by atoms with Crippen molar-refractivity contribution in [2.75, 3.05) is 40.4 Å². The molecule has 1 N–H and O–H groups in total.